The van der Waals surface area contributed by atoms with E-state index in [9.17, 15) is 4.79 Å². The van der Waals surface area contributed by atoms with Crippen LogP contribution in [0, 0.1) is 13.8 Å². The smallest absolute Gasteiger partial charge is 0.267 e. The molecule has 0 unspecified atom stereocenters. The predicted octanol–water partition coefficient (Wildman–Crippen LogP) is 3.03. The Morgan fingerprint density at radius 3 is 2.45 bits per heavy atom. The Labute approximate surface area is 120 Å². The van der Waals surface area contributed by atoms with Crippen molar-refractivity contribution < 1.29 is 0 Å². The topological polar surface area (TPSA) is 47.3 Å². The second-order valence-electron chi connectivity index (χ2n) is 4.68. The molecule has 0 radical (unpaired) electrons. The second-order valence-corrected chi connectivity index (χ2v) is 5.06. The van der Waals surface area contributed by atoms with Crippen LogP contribution < -0.4 is 5.56 Å². The zero-order valence-electron chi connectivity index (χ0n) is 11.1. The van der Waals surface area contributed by atoms with Gasteiger partial charge in [-0.25, -0.2) is 4.52 Å². The SMILES string of the molecule is Cc1cccc(C)c1-c1c(=O)ncn2nc(Cl)ccc12. The lowest BCUT2D eigenvalue weighted by Gasteiger charge is -2.11. The van der Waals surface area contributed by atoms with E-state index < -0.39 is 0 Å². The molecule has 3 aromatic rings. The summed E-state index contributed by atoms with van der Waals surface area (Å²) >= 11 is 5.88. The fourth-order valence-corrected chi connectivity index (χ4v) is 2.57. The number of aromatic nitrogens is 3. The summed E-state index contributed by atoms with van der Waals surface area (Å²) in [4.78, 5) is 16.1. The molecule has 100 valence electrons. The lowest BCUT2D eigenvalue weighted by molar-refractivity contribution is 0.884. The number of benzene rings is 1. The first-order valence-corrected chi connectivity index (χ1v) is 6.56. The van der Waals surface area contributed by atoms with Crippen LogP contribution in [0.25, 0.3) is 16.6 Å². The van der Waals surface area contributed by atoms with Crippen molar-refractivity contribution in [2.75, 3.05) is 0 Å². The molecule has 0 aliphatic rings. The fourth-order valence-electron chi connectivity index (χ4n) is 2.43. The highest BCUT2D eigenvalue weighted by Crippen LogP contribution is 2.27. The third-order valence-corrected chi connectivity index (χ3v) is 3.52. The van der Waals surface area contributed by atoms with Gasteiger partial charge in [0.2, 0.25) is 0 Å². The van der Waals surface area contributed by atoms with Crippen molar-refractivity contribution in [1.29, 1.82) is 0 Å². The van der Waals surface area contributed by atoms with Crippen LogP contribution >= 0.6 is 11.6 Å². The number of rotatable bonds is 1. The maximum atomic E-state index is 12.2. The van der Waals surface area contributed by atoms with Gasteiger partial charge in [-0.2, -0.15) is 10.1 Å². The van der Waals surface area contributed by atoms with Gasteiger partial charge in [-0.15, -0.1) is 0 Å². The number of fused-ring (bicyclic) bond motifs is 1. The fraction of sp³-hybridized carbons (Fsp3) is 0.133. The van der Waals surface area contributed by atoms with Crippen LogP contribution in [-0.2, 0) is 0 Å². The maximum absolute atomic E-state index is 12.2. The van der Waals surface area contributed by atoms with E-state index in [4.69, 9.17) is 11.6 Å². The molecule has 4 nitrogen and oxygen atoms in total. The molecule has 0 aliphatic carbocycles. The molecule has 0 spiro atoms. The summed E-state index contributed by atoms with van der Waals surface area (Å²) in [5, 5.41) is 4.50. The zero-order valence-corrected chi connectivity index (χ0v) is 11.8. The van der Waals surface area contributed by atoms with E-state index in [1.165, 1.54) is 10.8 Å². The van der Waals surface area contributed by atoms with Crippen LogP contribution in [0.15, 0.2) is 41.5 Å². The van der Waals surface area contributed by atoms with E-state index in [1.807, 2.05) is 32.0 Å². The van der Waals surface area contributed by atoms with Gasteiger partial charge < -0.3 is 0 Å². The largest absolute Gasteiger partial charge is 0.281 e. The third kappa shape index (κ3) is 1.98. The summed E-state index contributed by atoms with van der Waals surface area (Å²) in [6.45, 7) is 3.96. The summed E-state index contributed by atoms with van der Waals surface area (Å²) in [7, 11) is 0. The molecule has 0 amide bonds. The van der Waals surface area contributed by atoms with Gasteiger partial charge in [0.05, 0.1) is 11.1 Å². The molecule has 0 saturated heterocycles. The monoisotopic (exact) mass is 285 g/mol. The average molecular weight is 286 g/mol. The van der Waals surface area contributed by atoms with Gasteiger partial charge in [0.25, 0.3) is 5.56 Å². The van der Waals surface area contributed by atoms with Crippen LogP contribution in [0.1, 0.15) is 11.1 Å². The van der Waals surface area contributed by atoms with E-state index >= 15 is 0 Å². The first kappa shape index (κ1) is 12.8. The minimum atomic E-state index is -0.258. The van der Waals surface area contributed by atoms with Gasteiger partial charge in [0.1, 0.15) is 11.5 Å². The van der Waals surface area contributed by atoms with E-state index in [0.717, 1.165) is 16.7 Å². The normalized spacial score (nSPS) is 10.9. The lowest BCUT2D eigenvalue weighted by Crippen LogP contribution is -2.14. The molecular weight excluding hydrogens is 274 g/mol. The van der Waals surface area contributed by atoms with Crippen molar-refractivity contribution in [3.8, 4) is 11.1 Å². The molecule has 5 heteroatoms. The number of aryl methyl sites for hydroxylation is 2. The van der Waals surface area contributed by atoms with E-state index in [1.54, 1.807) is 12.1 Å². The molecule has 0 bridgehead atoms. The van der Waals surface area contributed by atoms with E-state index in [-0.39, 0.29) is 5.56 Å². The van der Waals surface area contributed by atoms with Crippen molar-refractivity contribution in [3.05, 3.63) is 63.3 Å². The molecule has 0 N–H and O–H groups in total. The lowest BCUT2D eigenvalue weighted by atomic mass is 9.96. The Morgan fingerprint density at radius 1 is 1.05 bits per heavy atom. The highest BCUT2D eigenvalue weighted by Gasteiger charge is 2.14. The van der Waals surface area contributed by atoms with Crippen molar-refractivity contribution >= 4 is 17.1 Å². The molecule has 0 fully saturated rings. The Morgan fingerprint density at radius 2 is 1.75 bits per heavy atom. The quantitative estimate of drug-likeness (QED) is 0.690. The number of hydrogen-bond acceptors (Lipinski definition) is 3. The number of nitrogens with zero attached hydrogens (tertiary/aromatic N) is 3. The molecular formula is C15H12ClN3O. The van der Waals surface area contributed by atoms with Crippen molar-refractivity contribution in [2.24, 2.45) is 0 Å². The average Bonchev–Trinajstić information content (AvgIpc) is 2.41. The van der Waals surface area contributed by atoms with Crippen molar-refractivity contribution in [3.63, 3.8) is 0 Å². The van der Waals surface area contributed by atoms with Gasteiger partial charge >= 0.3 is 0 Å². The molecule has 2 aromatic heterocycles. The number of hydrogen-bond donors (Lipinski definition) is 0. The summed E-state index contributed by atoms with van der Waals surface area (Å²) < 4.78 is 1.53. The molecule has 0 atom stereocenters. The molecule has 0 saturated carbocycles. The van der Waals surface area contributed by atoms with Crippen LogP contribution in [0.4, 0.5) is 0 Å². The third-order valence-electron chi connectivity index (χ3n) is 3.31. The number of halogens is 1. The van der Waals surface area contributed by atoms with Crippen LogP contribution in [0.5, 0.6) is 0 Å². The van der Waals surface area contributed by atoms with Gasteiger partial charge in [-0.3, -0.25) is 4.79 Å². The van der Waals surface area contributed by atoms with Crippen molar-refractivity contribution in [1.82, 2.24) is 14.6 Å². The molecule has 2 heterocycles. The Kier molecular flexibility index (Phi) is 3.03. The van der Waals surface area contributed by atoms with E-state index in [0.29, 0.717) is 16.2 Å². The minimum Gasteiger partial charge on any atom is -0.267 e. The maximum Gasteiger partial charge on any atom is 0.281 e. The Bertz CT molecular complexity index is 850. The van der Waals surface area contributed by atoms with E-state index in [2.05, 4.69) is 10.1 Å². The Hall–Kier alpha value is -2.20. The first-order chi connectivity index (χ1) is 9.58. The summed E-state index contributed by atoms with van der Waals surface area (Å²) in [6, 6.07) is 9.40. The molecule has 20 heavy (non-hydrogen) atoms. The second kappa shape index (κ2) is 4.72. The molecule has 1 aromatic carbocycles. The first-order valence-electron chi connectivity index (χ1n) is 6.19. The summed E-state index contributed by atoms with van der Waals surface area (Å²) in [5.74, 6) is 0. The Balaban J connectivity index is 2.47. The van der Waals surface area contributed by atoms with Gasteiger partial charge in [-0.05, 0) is 42.7 Å². The van der Waals surface area contributed by atoms with Gasteiger partial charge in [-0.1, -0.05) is 29.8 Å². The highest BCUT2D eigenvalue weighted by atomic mass is 35.5. The summed E-state index contributed by atoms with van der Waals surface area (Å²) in [5.41, 5.74) is 3.98. The van der Waals surface area contributed by atoms with Crippen molar-refractivity contribution in [2.45, 2.75) is 13.8 Å². The van der Waals surface area contributed by atoms with Crippen LogP contribution in [0.3, 0.4) is 0 Å². The molecule has 0 aliphatic heterocycles. The predicted molar refractivity (Wildman–Crippen MR) is 79.2 cm³/mol. The van der Waals surface area contributed by atoms with Gasteiger partial charge in [0, 0.05) is 0 Å². The summed E-state index contributed by atoms with van der Waals surface area (Å²) in [6.07, 6.45) is 1.39. The van der Waals surface area contributed by atoms with Crippen LogP contribution in [-0.4, -0.2) is 14.6 Å². The van der Waals surface area contributed by atoms with Gasteiger partial charge in [0.15, 0.2) is 0 Å². The molecule has 3 rings (SSSR count). The minimum absolute atomic E-state index is 0.258. The highest BCUT2D eigenvalue weighted by molar-refractivity contribution is 6.29. The zero-order chi connectivity index (χ0) is 14.3. The van der Waals surface area contributed by atoms with Crippen LogP contribution in [0.2, 0.25) is 5.15 Å². The standard InChI is InChI=1S/C15H12ClN3O/c1-9-4-3-5-10(2)13(9)14-11-6-7-12(16)18-19(11)8-17-15(14)20/h3-8H,1-2H3.